The predicted octanol–water partition coefficient (Wildman–Crippen LogP) is 3.06. The molecule has 4 rings (SSSR count). The Hall–Kier alpha value is -1.01. The molecule has 7 N–H and O–H groups in total. The van der Waals surface area contributed by atoms with Crippen molar-refractivity contribution in [3.63, 3.8) is 0 Å². The van der Waals surface area contributed by atoms with Crippen LogP contribution in [0.5, 0.6) is 0 Å². The van der Waals surface area contributed by atoms with Crippen molar-refractivity contribution in [1.82, 2.24) is 25.5 Å². The molecule has 1 aromatic rings. The van der Waals surface area contributed by atoms with Gasteiger partial charge in [0.15, 0.2) is 0 Å². The molecule has 230 valence electrons. The number of rotatable bonds is 14. The van der Waals surface area contributed by atoms with Gasteiger partial charge in [-0.3, -0.25) is 9.46 Å². The highest BCUT2D eigenvalue weighted by molar-refractivity contribution is 8.93. The fourth-order valence-corrected chi connectivity index (χ4v) is 6.72. The van der Waals surface area contributed by atoms with Crippen molar-refractivity contribution < 1.29 is 14.4 Å². The zero-order chi connectivity index (χ0) is 27.5. The summed E-state index contributed by atoms with van der Waals surface area (Å²) in [4.78, 5) is 31.6. The standard InChI is InChI=1S/C27H51N8O3P.BrH/c28-25-19-26(35-15-13-34(14-16-35)17-18-39(36,37)38)33-27(32-25)31-21-23-9-7-22(8-10-23)20-29-11-4-12-30-24-5-2-1-3-6-24;/h19,22-24,29-30H,1-18,20-21H2,(H2,36,37,38)(H3,28,31,32,33);1H. The van der Waals surface area contributed by atoms with E-state index < -0.39 is 7.60 Å². The number of anilines is 3. The van der Waals surface area contributed by atoms with Crippen LogP contribution in [0.25, 0.3) is 0 Å². The molecule has 0 unspecified atom stereocenters. The Morgan fingerprint density at radius 2 is 1.60 bits per heavy atom. The molecule has 0 atom stereocenters. The lowest BCUT2D eigenvalue weighted by Gasteiger charge is -2.35. The maximum atomic E-state index is 11.2. The summed E-state index contributed by atoms with van der Waals surface area (Å²) in [6, 6.07) is 2.57. The van der Waals surface area contributed by atoms with Gasteiger partial charge in [0.25, 0.3) is 0 Å². The number of nitrogens with one attached hydrogen (secondary N) is 3. The maximum absolute atomic E-state index is 11.2. The van der Waals surface area contributed by atoms with Gasteiger partial charge in [0.05, 0.1) is 6.16 Å². The van der Waals surface area contributed by atoms with Crippen LogP contribution in [0, 0.1) is 11.8 Å². The first-order chi connectivity index (χ1) is 18.8. The van der Waals surface area contributed by atoms with Gasteiger partial charge in [0, 0.05) is 51.4 Å². The summed E-state index contributed by atoms with van der Waals surface area (Å²) in [6.45, 7) is 7.62. The first-order valence-electron chi connectivity index (χ1n) is 15.2. The zero-order valence-corrected chi connectivity index (χ0v) is 26.6. The summed E-state index contributed by atoms with van der Waals surface area (Å²) in [6.07, 6.45) is 13.0. The van der Waals surface area contributed by atoms with Crippen LogP contribution < -0.4 is 26.6 Å². The second-order valence-corrected chi connectivity index (χ2v) is 13.6. The molecule has 1 aliphatic heterocycles. The van der Waals surface area contributed by atoms with Gasteiger partial charge in [0.1, 0.15) is 11.6 Å². The number of halogens is 1. The first-order valence-corrected chi connectivity index (χ1v) is 17.0. The molecule has 0 spiro atoms. The minimum absolute atomic E-state index is 0. The average Bonchev–Trinajstić information content (AvgIpc) is 2.93. The number of nitrogen functional groups attached to an aromatic ring is 1. The Kier molecular flexibility index (Phi) is 14.4. The molecule has 0 bridgehead atoms. The Labute approximate surface area is 250 Å². The van der Waals surface area contributed by atoms with Crippen molar-refractivity contribution in [2.24, 2.45) is 11.8 Å². The van der Waals surface area contributed by atoms with Gasteiger partial charge in [0.2, 0.25) is 5.95 Å². The van der Waals surface area contributed by atoms with Crippen molar-refractivity contribution in [2.75, 3.05) is 81.0 Å². The van der Waals surface area contributed by atoms with Gasteiger partial charge >= 0.3 is 7.60 Å². The van der Waals surface area contributed by atoms with E-state index in [1.807, 2.05) is 0 Å². The van der Waals surface area contributed by atoms with E-state index in [-0.39, 0.29) is 23.1 Å². The molecule has 2 saturated carbocycles. The summed E-state index contributed by atoms with van der Waals surface area (Å²) >= 11 is 0. The van der Waals surface area contributed by atoms with E-state index in [0.29, 0.717) is 24.2 Å². The van der Waals surface area contributed by atoms with Gasteiger partial charge in [-0.25, -0.2) is 0 Å². The van der Waals surface area contributed by atoms with Crippen LogP contribution in [-0.2, 0) is 4.57 Å². The van der Waals surface area contributed by atoms with Crippen molar-refractivity contribution in [3.05, 3.63) is 6.07 Å². The Bertz CT molecular complexity index is 904. The lowest BCUT2D eigenvalue weighted by atomic mass is 9.82. The van der Waals surface area contributed by atoms with Gasteiger partial charge in [-0.15, -0.1) is 17.0 Å². The lowest BCUT2D eigenvalue weighted by Crippen LogP contribution is -2.47. The lowest BCUT2D eigenvalue weighted by molar-refractivity contribution is 0.263. The number of aromatic nitrogens is 2. The number of hydrogen-bond acceptors (Lipinski definition) is 9. The zero-order valence-electron chi connectivity index (χ0n) is 24.0. The molecular formula is C27H52BrN8O3P. The highest BCUT2D eigenvalue weighted by atomic mass is 79.9. The molecule has 2 aliphatic carbocycles. The summed E-state index contributed by atoms with van der Waals surface area (Å²) in [5.41, 5.74) is 6.10. The smallest absolute Gasteiger partial charge is 0.326 e. The molecule has 11 nitrogen and oxygen atoms in total. The third-order valence-electron chi connectivity index (χ3n) is 8.65. The first kappa shape index (κ1) is 33.5. The average molecular weight is 648 g/mol. The summed E-state index contributed by atoms with van der Waals surface area (Å²) < 4.78 is 11.2. The van der Waals surface area contributed by atoms with Crippen molar-refractivity contribution in [1.29, 1.82) is 0 Å². The van der Waals surface area contributed by atoms with Crippen LogP contribution >= 0.6 is 24.6 Å². The van der Waals surface area contributed by atoms with E-state index in [0.717, 1.165) is 70.1 Å². The molecule has 1 saturated heterocycles. The minimum atomic E-state index is -3.96. The Balaban J connectivity index is 0.00000441. The summed E-state index contributed by atoms with van der Waals surface area (Å²) in [5.74, 6) is 3.26. The number of hydrogen-bond donors (Lipinski definition) is 6. The number of nitrogens with zero attached hydrogens (tertiary/aromatic N) is 4. The number of piperazine rings is 1. The molecule has 1 aromatic heterocycles. The molecule has 0 radical (unpaired) electrons. The van der Waals surface area contributed by atoms with E-state index in [9.17, 15) is 4.57 Å². The maximum Gasteiger partial charge on any atom is 0.326 e. The third kappa shape index (κ3) is 12.1. The van der Waals surface area contributed by atoms with E-state index in [1.54, 1.807) is 6.07 Å². The fourth-order valence-electron chi connectivity index (χ4n) is 6.17. The minimum Gasteiger partial charge on any atom is -0.383 e. The predicted molar refractivity (Wildman–Crippen MR) is 169 cm³/mol. The normalized spacial score (nSPS) is 23.1. The van der Waals surface area contributed by atoms with Crippen LogP contribution in [0.4, 0.5) is 17.6 Å². The molecule has 13 heteroatoms. The second kappa shape index (κ2) is 17.2. The van der Waals surface area contributed by atoms with Gasteiger partial charge < -0.3 is 36.4 Å². The topological polar surface area (TPSA) is 152 Å². The molecular weight excluding hydrogens is 595 g/mol. The molecule has 2 heterocycles. The van der Waals surface area contributed by atoms with Crippen molar-refractivity contribution in [2.45, 2.75) is 70.3 Å². The SMILES string of the molecule is Br.Nc1cc(N2CCN(CCP(=O)(O)O)CC2)nc(NCC2CCC(CNCCCNC3CCCCC3)CC2)n1. The van der Waals surface area contributed by atoms with Crippen molar-refractivity contribution in [3.8, 4) is 0 Å². The largest absolute Gasteiger partial charge is 0.383 e. The van der Waals surface area contributed by atoms with E-state index >= 15 is 0 Å². The van der Waals surface area contributed by atoms with Crippen LogP contribution in [0.2, 0.25) is 0 Å². The highest BCUT2D eigenvalue weighted by Gasteiger charge is 2.23. The molecule has 3 fully saturated rings. The van der Waals surface area contributed by atoms with Gasteiger partial charge in [-0.05, 0) is 76.4 Å². The summed E-state index contributed by atoms with van der Waals surface area (Å²) in [7, 11) is -3.96. The highest BCUT2D eigenvalue weighted by Crippen LogP contribution is 2.34. The Morgan fingerprint density at radius 3 is 2.27 bits per heavy atom. The van der Waals surface area contributed by atoms with Crippen LogP contribution in [0.1, 0.15) is 64.2 Å². The quantitative estimate of drug-likeness (QED) is 0.131. The van der Waals surface area contributed by atoms with Gasteiger partial charge in [-0.2, -0.15) is 9.97 Å². The fraction of sp³-hybridized carbons (Fsp3) is 0.852. The third-order valence-corrected chi connectivity index (χ3v) is 9.44. The van der Waals surface area contributed by atoms with Gasteiger partial charge in [-0.1, -0.05) is 19.3 Å². The summed E-state index contributed by atoms with van der Waals surface area (Å²) in [5, 5.41) is 10.9. The molecule has 3 aliphatic rings. The van der Waals surface area contributed by atoms with Crippen LogP contribution in [0.15, 0.2) is 6.07 Å². The molecule has 0 aromatic carbocycles. The van der Waals surface area contributed by atoms with Crippen LogP contribution in [0.3, 0.4) is 0 Å². The van der Waals surface area contributed by atoms with E-state index in [2.05, 4.69) is 30.7 Å². The molecule has 40 heavy (non-hydrogen) atoms. The number of nitrogens with two attached hydrogens (primary N) is 1. The second-order valence-electron chi connectivity index (χ2n) is 11.8. The molecule has 0 amide bonds. The van der Waals surface area contributed by atoms with E-state index in [4.69, 9.17) is 20.5 Å². The van der Waals surface area contributed by atoms with E-state index in [1.165, 1.54) is 64.2 Å². The van der Waals surface area contributed by atoms with Crippen LogP contribution in [-0.4, -0.2) is 95.8 Å². The Morgan fingerprint density at radius 1 is 0.925 bits per heavy atom. The van der Waals surface area contributed by atoms with Crippen molar-refractivity contribution >= 4 is 42.2 Å². The monoisotopic (exact) mass is 646 g/mol.